The summed E-state index contributed by atoms with van der Waals surface area (Å²) in [5.74, 6) is -0.172. The van der Waals surface area contributed by atoms with Gasteiger partial charge in [0, 0.05) is 17.7 Å². The fourth-order valence-corrected chi connectivity index (χ4v) is 1.44. The first kappa shape index (κ1) is 14.0. The zero-order valence-electron chi connectivity index (χ0n) is 10.1. The molecule has 106 valence electrons. The van der Waals surface area contributed by atoms with Crippen molar-refractivity contribution in [3.63, 3.8) is 0 Å². The number of tetrazole rings is 1. The molecule has 1 aromatic carbocycles. The zero-order chi connectivity index (χ0) is 14.5. The van der Waals surface area contributed by atoms with E-state index >= 15 is 0 Å². The van der Waals surface area contributed by atoms with Gasteiger partial charge in [-0.15, -0.1) is 10.2 Å². The molecule has 3 N–H and O–H groups in total. The lowest BCUT2D eigenvalue weighted by atomic mass is 10.1. The maximum Gasteiger partial charge on any atom is 0.265 e. The predicted molar refractivity (Wildman–Crippen MR) is 64.0 cm³/mol. The molecule has 0 aliphatic heterocycles. The van der Waals surface area contributed by atoms with Crippen LogP contribution in [0.1, 0.15) is 10.4 Å². The molecule has 7 nitrogen and oxygen atoms in total. The van der Waals surface area contributed by atoms with E-state index in [4.69, 9.17) is 5.11 Å². The molecule has 0 spiro atoms. The fourth-order valence-electron chi connectivity index (χ4n) is 1.44. The number of nitrogens with zero attached hydrogens (tertiary/aromatic N) is 3. The number of amides is 1. The van der Waals surface area contributed by atoms with Crippen molar-refractivity contribution in [2.24, 2.45) is 0 Å². The molecule has 0 saturated carbocycles. The van der Waals surface area contributed by atoms with Gasteiger partial charge in [-0.25, -0.2) is 8.78 Å². The van der Waals surface area contributed by atoms with Gasteiger partial charge in [-0.3, -0.25) is 4.79 Å². The minimum atomic E-state index is -2.89. The largest absolute Gasteiger partial charge is 0.385 e. The highest BCUT2D eigenvalue weighted by atomic mass is 19.3. The van der Waals surface area contributed by atoms with Crippen molar-refractivity contribution in [1.82, 2.24) is 25.9 Å². The number of carbonyl (C=O) groups is 1. The van der Waals surface area contributed by atoms with Crippen molar-refractivity contribution in [3.8, 4) is 11.4 Å². The molecule has 0 fully saturated rings. The van der Waals surface area contributed by atoms with Gasteiger partial charge < -0.3 is 10.4 Å². The Hall–Kier alpha value is -2.42. The normalized spacial score (nSPS) is 12.4. The van der Waals surface area contributed by atoms with E-state index in [-0.39, 0.29) is 5.56 Å². The third kappa shape index (κ3) is 3.32. The van der Waals surface area contributed by atoms with E-state index in [1.54, 1.807) is 12.1 Å². The molecule has 1 heterocycles. The monoisotopic (exact) mass is 283 g/mol. The Morgan fingerprint density at radius 1 is 1.35 bits per heavy atom. The van der Waals surface area contributed by atoms with Crippen LogP contribution >= 0.6 is 0 Å². The van der Waals surface area contributed by atoms with Crippen molar-refractivity contribution < 1.29 is 18.7 Å². The number of H-pyrrole nitrogens is 1. The number of carbonyl (C=O) groups excluding carboxylic acids is 1. The SMILES string of the molecule is O=C(NCC(O)C(F)F)c1ccc(-c2nn[nH]n2)cc1. The lowest BCUT2D eigenvalue weighted by molar-refractivity contribution is -0.00270. The van der Waals surface area contributed by atoms with Crippen molar-refractivity contribution in [2.45, 2.75) is 12.5 Å². The molecule has 0 bridgehead atoms. The standard InChI is InChI=1S/C11H11F2N5O2/c12-9(13)8(19)5-14-11(20)7-3-1-6(2-4-7)10-15-17-18-16-10/h1-4,8-9,19H,5H2,(H,14,20)(H,15,16,17,18). The number of hydrogen-bond acceptors (Lipinski definition) is 5. The second kappa shape index (κ2) is 6.15. The number of aliphatic hydroxyl groups is 1. The van der Waals surface area contributed by atoms with E-state index in [1.165, 1.54) is 12.1 Å². The molecule has 1 unspecified atom stereocenters. The number of rotatable bonds is 5. The first-order chi connectivity index (χ1) is 9.58. The lowest BCUT2D eigenvalue weighted by Crippen LogP contribution is -2.35. The Kier molecular flexibility index (Phi) is 4.31. The van der Waals surface area contributed by atoms with Gasteiger partial charge in [-0.1, -0.05) is 12.1 Å². The molecule has 0 aliphatic rings. The Morgan fingerprint density at radius 2 is 2.05 bits per heavy atom. The molecule has 2 rings (SSSR count). The molecule has 1 amide bonds. The van der Waals surface area contributed by atoms with Crippen molar-refractivity contribution in [3.05, 3.63) is 29.8 Å². The van der Waals surface area contributed by atoms with Gasteiger partial charge in [0.25, 0.3) is 12.3 Å². The van der Waals surface area contributed by atoms with Crippen LogP contribution in [0.3, 0.4) is 0 Å². The summed E-state index contributed by atoms with van der Waals surface area (Å²) in [5, 5.41) is 24.4. The number of nitrogens with one attached hydrogen (secondary N) is 2. The quantitative estimate of drug-likeness (QED) is 0.728. The second-order valence-corrected chi connectivity index (χ2v) is 3.92. The maximum atomic E-state index is 12.1. The van der Waals surface area contributed by atoms with Gasteiger partial charge in [0.1, 0.15) is 6.10 Å². The predicted octanol–water partition coefficient (Wildman–Crippen LogP) is 0.222. The Labute approximate surface area is 112 Å². The number of aliphatic hydroxyl groups excluding tert-OH is 1. The van der Waals surface area contributed by atoms with Crippen LogP contribution in [0.15, 0.2) is 24.3 Å². The minimum Gasteiger partial charge on any atom is -0.385 e. The molecule has 9 heteroatoms. The highest BCUT2D eigenvalue weighted by Gasteiger charge is 2.17. The molecule has 0 saturated heterocycles. The van der Waals surface area contributed by atoms with Gasteiger partial charge in [0.15, 0.2) is 0 Å². The number of hydrogen-bond donors (Lipinski definition) is 3. The lowest BCUT2D eigenvalue weighted by Gasteiger charge is -2.10. The van der Waals surface area contributed by atoms with E-state index in [1.807, 2.05) is 0 Å². The first-order valence-corrected chi connectivity index (χ1v) is 5.66. The second-order valence-electron chi connectivity index (χ2n) is 3.92. The molecular weight excluding hydrogens is 272 g/mol. The van der Waals surface area contributed by atoms with Crippen LogP contribution in [0, 0.1) is 0 Å². The number of aromatic nitrogens is 4. The first-order valence-electron chi connectivity index (χ1n) is 5.66. The summed E-state index contributed by atoms with van der Waals surface area (Å²) in [6, 6.07) is 6.19. The molecule has 20 heavy (non-hydrogen) atoms. The van der Waals surface area contributed by atoms with E-state index in [2.05, 4.69) is 25.9 Å². The Morgan fingerprint density at radius 3 is 2.60 bits per heavy atom. The molecule has 1 aromatic heterocycles. The minimum absolute atomic E-state index is 0.277. The van der Waals surface area contributed by atoms with Crippen LogP contribution in [0.4, 0.5) is 8.78 Å². The summed E-state index contributed by atoms with van der Waals surface area (Å²) in [7, 11) is 0. The smallest absolute Gasteiger partial charge is 0.265 e. The maximum absolute atomic E-state index is 12.1. The summed E-state index contributed by atoms with van der Waals surface area (Å²) in [5.41, 5.74) is 0.932. The molecular formula is C11H11F2N5O2. The van der Waals surface area contributed by atoms with Crippen molar-refractivity contribution in [1.29, 1.82) is 0 Å². The average Bonchev–Trinajstić information content (AvgIpc) is 2.98. The molecule has 1 atom stereocenters. The summed E-state index contributed by atoms with van der Waals surface area (Å²) < 4.78 is 24.1. The van der Waals surface area contributed by atoms with Crippen LogP contribution < -0.4 is 5.32 Å². The molecule has 0 aliphatic carbocycles. The highest BCUT2D eigenvalue weighted by Crippen LogP contribution is 2.13. The van der Waals surface area contributed by atoms with Crippen LogP contribution in [0.2, 0.25) is 0 Å². The third-order valence-electron chi connectivity index (χ3n) is 2.51. The van der Waals surface area contributed by atoms with E-state index in [9.17, 15) is 13.6 Å². The van der Waals surface area contributed by atoms with Crippen LogP contribution in [-0.2, 0) is 0 Å². The number of halogens is 2. The Bertz CT molecular complexity index is 559. The van der Waals surface area contributed by atoms with Crippen LogP contribution in [-0.4, -0.2) is 50.7 Å². The van der Waals surface area contributed by atoms with E-state index in [0.29, 0.717) is 11.4 Å². The van der Waals surface area contributed by atoms with Gasteiger partial charge in [0.05, 0.1) is 0 Å². The van der Waals surface area contributed by atoms with Crippen molar-refractivity contribution in [2.75, 3.05) is 6.54 Å². The van der Waals surface area contributed by atoms with Crippen LogP contribution in [0.25, 0.3) is 11.4 Å². The van der Waals surface area contributed by atoms with Gasteiger partial charge in [-0.05, 0) is 17.3 Å². The van der Waals surface area contributed by atoms with E-state index in [0.717, 1.165) is 0 Å². The summed E-state index contributed by atoms with van der Waals surface area (Å²) in [6.07, 6.45) is -4.77. The average molecular weight is 283 g/mol. The summed E-state index contributed by atoms with van der Waals surface area (Å²) in [6.45, 7) is -0.511. The molecule has 2 aromatic rings. The van der Waals surface area contributed by atoms with Gasteiger partial charge in [-0.2, -0.15) is 5.21 Å². The third-order valence-corrected chi connectivity index (χ3v) is 2.51. The zero-order valence-corrected chi connectivity index (χ0v) is 10.1. The molecule has 0 radical (unpaired) electrons. The summed E-state index contributed by atoms with van der Waals surface area (Å²) >= 11 is 0. The number of alkyl halides is 2. The fraction of sp³-hybridized carbons (Fsp3) is 0.273. The van der Waals surface area contributed by atoms with Gasteiger partial charge in [0.2, 0.25) is 5.82 Å². The Balaban J connectivity index is 1.98. The topological polar surface area (TPSA) is 104 Å². The van der Waals surface area contributed by atoms with Gasteiger partial charge >= 0.3 is 0 Å². The number of aromatic amines is 1. The summed E-state index contributed by atoms with van der Waals surface area (Å²) in [4.78, 5) is 11.7. The van der Waals surface area contributed by atoms with Crippen molar-refractivity contribution >= 4 is 5.91 Å². The van der Waals surface area contributed by atoms with Crippen LogP contribution in [0.5, 0.6) is 0 Å². The van der Waals surface area contributed by atoms with E-state index < -0.39 is 25.0 Å². The number of benzene rings is 1. The highest BCUT2D eigenvalue weighted by molar-refractivity contribution is 5.94.